The Kier molecular flexibility index (Phi) is 2.69. The molecule has 0 radical (unpaired) electrons. The van der Waals surface area contributed by atoms with Crippen molar-refractivity contribution in [2.45, 2.75) is 85.2 Å². The van der Waals surface area contributed by atoms with Gasteiger partial charge in [-0.25, -0.2) is 0 Å². The van der Waals surface area contributed by atoms with Crippen molar-refractivity contribution >= 4 is 0 Å². The van der Waals surface area contributed by atoms with Gasteiger partial charge in [-0.3, -0.25) is 0 Å². The average molecular weight is 290 g/mol. The molecule has 0 aromatic heterocycles. The molecule has 0 saturated heterocycles. The van der Waals surface area contributed by atoms with Crippen LogP contribution in [0.15, 0.2) is 0 Å². The van der Waals surface area contributed by atoms with Crippen molar-refractivity contribution in [3.8, 4) is 0 Å². The second-order valence-electron chi connectivity index (χ2n) is 10.2. The van der Waals surface area contributed by atoms with Gasteiger partial charge in [0.15, 0.2) is 0 Å². The maximum absolute atomic E-state index is 11.1. The van der Waals surface area contributed by atoms with Crippen LogP contribution in [0.25, 0.3) is 0 Å². The third kappa shape index (κ3) is 1.44. The van der Waals surface area contributed by atoms with E-state index in [1.807, 2.05) is 0 Å². The van der Waals surface area contributed by atoms with Gasteiger partial charge < -0.3 is 5.11 Å². The van der Waals surface area contributed by atoms with Gasteiger partial charge >= 0.3 is 0 Å². The maximum Gasteiger partial charge on any atom is 0.0653 e. The summed E-state index contributed by atoms with van der Waals surface area (Å²) in [6.45, 7) is 12.4. The van der Waals surface area contributed by atoms with Gasteiger partial charge in [-0.2, -0.15) is 0 Å². The van der Waals surface area contributed by atoms with E-state index in [-0.39, 0.29) is 0 Å². The van der Waals surface area contributed by atoms with E-state index in [1.54, 1.807) is 0 Å². The average Bonchev–Trinajstić information content (AvgIpc) is 2.45. The molecule has 4 aliphatic rings. The third-order valence-electron chi connectivity index (χ3n) is 9.55. The molecule has 2 bridgehead atoms. The van der Waals surface area contributed by atoms with E-state index >= 15 is 0 Å². The SMILES string of the molecule is C[C@@H]1CC[C@H]2C[C@H]3[C@]4(C)CC[C@@H]4[C@@](C)(O)CC[C@@]13C2(C)C. The van der Waals surface area contributed by atoms with Crippen LogP contribution in [0.3, 0.4) is 0 Å². The molecule has 0 heterocycles. The lowest BCUT2D eigenvalue weighted by Crippen LogP contribution is -2.56. The minimum Gasteiger partial charge on any atom is -0.390 e. The molecule has 1 nitrogen and oxygen atoms in total. The fourth-order valence-corrected chi connectivity index (χ4v) is 8.20. The Hall–Kier alpha value is -0.0400. The highest BCUT2D eigenvalue weighted by molar-refractivity contribution is 5.21. The van der Waals surface area contributed by atoms with Crippen molar-refractivity contribution in [2.24, 2.45) is 39.9 Å². The van der Waals surface area contributed by atoms with Gasteiger partial charge in [0.2, 0.25) is 0 Å². The molecule has 0 unspecified atom stereocenters. The van der Waals surface area contributed by atoms with E-state index in [0.29, 0.717) is 22.2 Å². The summed E-state index contributed by atoms with van der Waals surface area (Å²) >= 11 is 0. The molecule has 21 heavy (non-hydrogen) atoms. The lowest BCUT2D eigenvalue weighted by molar-refractivity contribution is -0.151. The highest BCUT2D eigenvalue weighted by atomic mass is 16.3. The van der Waals surface area contributed by atoms with Crippen molar-refractivity contribution < 1.29 is 5.11 Å². The molecule has 120 valence electrons. The fraction of sp³-hybridized carbons (Fsp3) is 1.00. The first-order valence-electron chi connectivity index (χ1n) is 9.38. The molecule has 1 spiro atoms. The predicted molar refractivity (Wildman–Crippen MR) is 86.9 cm³/mol. The van der Waals surface area contributed by atoms with Gasteiger partial charge in [0, 0.05) is 0 Å². The van der Waals surface area contributed by atoms with Gasteiger partial charge in [0.1, 0.15) is 0 Å². The zero-order chi connectivity index (χ0) is 15.3. The van der Waals surface area contributed by atoms with Gasteiger partial charge in [-0.1, -0.05) is 27.7 Å². The number of fused-ring (bicyclic) bond motifs is 3. The minimum atomic E-state index is -0.422. The number of rotatable bonds is 0. The van der Waals surface area contributed by atoms with Crippen molar-refractivity contribution in [2.75, 3.05) is 0 Å². The molecule has 4 rings (SSSR count). The van der Waals surface area contributed by atoms with Gasteiger partial charge in [0.05, 0.1) is 5.60 Å². The van der Waals surface area contributed by atoms with Gasteiger partial charge in [-0.15, -0.1) is 0 Å². The number of hydrogen-bond donors (Lipinski definition) is 1. The van der Waals surface area contributed by atoms with Crippen LogP contribution in [0.4, 0.5) is 0 Å². The third-order valence-corrected chi connectivity index (χ3v) is 9.55. The summed E-state index contributed by atoms with van der Waals surface area (Å²) in [5.74, 6) is 3.18. The Bertz CT molecular complexity index is 464. The van der Waals surface area contributed by atoms with Crippen molar-refractivity contribution in [3.63, 3.8) is 0 Å². The summed E-state index contributed by atoms with van der Waals surface area (Å²) in [4.78, 5) is 0. The first kappa shape index (κ1) is 14.5. The first-order valence-corrected chi connectivity index (χ1v) is 9.38. The Balaban J connectivity index is 1.87. The van der Waals surface area contributed by atoms with Crippen molar-refractivity contribution in [1.82, 2.24) is 0 Å². The Morgan fingerprint density at radius 2 is 1.57 bits per heavy atom. The smallest absolute Gasteiger partial charge is 0.0653 e. The van der Waals surface area contributed by atoms with Crippen LogP contribution in [-0.2, 0) is 0 Å². The summed E-state index contributed by atoms with van der Waals surface area (Å²) < 4.78 is 0. The molecule has 0 aromatic rings. The van der Waals surface area contributed by atoms with Crippen LogP contribution < -0.4 is 0 Å². The second-order valence-corrected chi connectivity index (χ2v) is 10.2. The Morgan fingerprint density at radius 1 is 0.857 bits per heavy atom. The molecule has 4 aliphatic carbocycles. The topological polar surface area (TPSA) is 20.2 Å². The second kappa shape index (κ2) is 3.89. The van der Waals surface area contributed by atoms with Crippen molar-refractivity contribution in [1.29, 1.82) is 0 Å². The van der Waals surface area contributed by atoms with Gasteiger partial charge in [-0.05, 0) is 91.8 Å². The highest BCUT2D eigenvalue weighted by Crippen LogP contribution is 2.78. The lowest BCUT2D eigenvalue weighted by Gasteiger charge is -2.61. The van der Waals surface area contributed by atoms with Crippen molar-refractivity contribution in [3.05, 3.63) is 0 Å². The Morgan fingerprint density at radius 3 is 2.19 bits per heavy atom. The van der Waals surface area contributed by atoms with E-state index in [4.69, 9.17) is 0 Å². The molecular weight excluding hydrogens is 256 g/mol. The molecule has 4 saturated carbocycles. The molecule has 4 fully saturated rings. The molecule has 0 aliphatic heterocycles. The summed E-state index contributed by atoms with van der Waals surface area (Å²) in [5, 5.41) is 11.1. The summed E-state index contributed by atoms with van der Waals surface area (Å²) in [5.41, 5.74) is 0.947. The normalized spacial score (nSPS) is 61.4. The van der Waals surface area contributed by atoms with Crippen LogP contribution in [0.1, 0.15) is 79.6 Å². The maximum atomic E-state index is 11.1. The molecular formula is C20H34O. The van der Waals surface area contributed by atoms with E-state index < -0.39 is 5.60 Å². The monoisotopic (exact) mass is 290 g/mol. The Labute approximate surface area is 130 Å². The van der Waals surface area contributed by atoms with E-state index in [1.165, 1.54) is 38.5 Å². The van der Waals surface area contributed by atoms with Crippen LogP contribution >= 0.6 is 0 Å². The molecule has 1 N–H and O–H groups in total. The summed E-state index contributed by atoms with van der Waals surface area (Å²) in [7, 11) is 0. The lowest BCUT2D eigenvalue weighted by atomic mass is 9.44. The summed E-state index contributed by atoms with van der Waals surface area (Å²) in [6.07, 6.45) is 9.23. The largest absolute Gasteiger partial charge is 0.390 e. The molecule has 7 atom stereocenters. The molecule has 1 heteroatoms. The standard InChI is InChI=1S/C20H34O/c1-13-6-7-14-12-16-18(4)9-8-15(18)19(5,21)10-11-20(13,16)17(14,2)3/h13-16,21H,6-12H2,1-5H3/t13-,14+,15+,16+,18-,19+,20-/m1/s1. The molecule has 0 aromatic carbocycles. The van der Waals surface area contributed by atoms with Gasteiger partial charge in [0.25, 0.3) is 0 Å². The fourth-order valence-electron chi connectivity index (χ4n) is 8.20. The van der Waals surface area contributed by atoms with Crippen LogP contribution in [-0.4, -0.2) is 10.7 Å². The highest BCUT2D eigenvalue weighted by Gasteiger charge is 2.72. The van der Waals surface area contributed by atoms with E-state index in [0.717, 1.165) is 24.2 Å². The zero-order valence-corrected chi connectivity index (χ0v) is 14.7. The van der Waals surface area contributed by atoms with E-state index in [2.05, 4.69) is 34.6 Å². The zero-order valence-electron chi connectivity index (χ0n) is 14.7. The summed E-state index contributed by atoms with van der Waals surface area (Å²) in [6, 6.07) is 0. The minimum absolute atomic E-state index is 0.407. The van der Waals surface area contributed by atoms with Crippen LogP contribution in [0.5, 0.6) is 0 Å². The van der Waals surface area contributed by atoms with E-state index in [9.17, 15) is 5.11 Å². The number of hydrogen-bond acceptors (Lipinski definition) is 1. The quantitative estimate of drug-likeness (QED) is 0.663. The van der Waals surface area contributed by atoms with Crippen LogP contribution in [0, 0.1) is 39.9 Å². The predicted octanol–water partition coefficient (Wildman–Crippen LogP) is 5.03. The first-order chi connectivity index (χ1) is 9.66. The number of aliphatic hydroxyl groups is 1. The van der Waals surface area contributed by atoms with Crippen LogP contribution in [0.2, 0.25) is 0 Å². The molecule has 0 amide bonds.